The Bertz CT molecular complexity index is 656. The zero-order valence-corrected chi connectivity index (χ0v) is 11.4. The molecule has 0 aromatic carbocycles. The molecule has 2 atom stereocenters. The molecule has 108 valence electrons. The summed E-state index contributed by atoms with van der Waals surface area (Å²) in [6, 6.07) is 3.66. The molecule has 0 unspecified atom stereocenters. The highest BCUT2D eigenvalue weighted by Crippen LogP contribution is 2.30. The molecule has 0 N–H and O–H groups in total. The molecule has 0 saturated carbocycles. The molecule has 0 aliphatic carbocycles. The number of fused-ring (bicyclic) bond motifs is 3. The van der Waals surface area contributed by atoms with E-state index in [4.69, 9.17) is 4.74 Å². The maximum atomic E-state index is 12.5. The normalized spacial score (nSPS) is 24.3. The number of piperidine rings is 1. The van der Waals surface area contributed by atoms with Crippen LogP contribution >= 0.6 is 0 Å². The van der Waals surface area contributed by atoms with Crippen LogP contribution in [0.2, 0.25) is 0 Å². The van der Waals surface area contributed by atoms with Gasteiger partial charge in [-0.2, -0.15) is 0 Å². The summed E-state index contributed by atoms with van der Waals surface area (Å²) in [5, 5.41) is 8.09. The third-order valence-corrected chi connectivity index (χ3v) is 4.15. The van der Waals surface area contributed by atoms with E-state index in [1.54, 1.807) is 30.7 Å². The van der Waals surface area contributed by atoms with Gasteiger partial charge in [0.2, 0.25) is 0 Å². The van der Waals surface area contributed by atoms with E-state index in [-0.39, 0.29) is 18.1 Å². The van der Waals surface area contributed by atoms with Crippen LogP contribution in [0.15, 0.2) is 30.7 Å². The molecule has 0 radical (unpaired) electrons. The lowest BCUT2D eigenvalue weighted by atomic mass is 9.99. The molecule has 1 fully saturated rings. The molecule has 1 saturated heterocycles. The maximum Gasteiger partial charge on any atom is 0.254 e. The number of pyridine rings is 1. The van der Waals surface area contributed by atoms with E-state index in [1.165, 1.54) is 0 Å². The van der Waals surface area contributed by atoms with Crippen LogP contribution in [0.25, 0.3) is 0 Å². The van der Waals surface area contributed by atoms with E-state index in [0.29, 0.717) is 25.3 Å². The Labute approximate surface area is 121 Å². The van der Waals surface area contributed by atoms with E-state index in [2.05, 4.69) is 15.3 Å². The van der Waals surface area contributed by atoms with E-state index >= 15 is 0 Å². The smallest absolute Gasteiger partial charge is 0.254 e. The highest BCUT2D eigenvalue weighted by molar-refractivity contribution is 5.94. The third-order valence-electron chi connectivity index (χ3n) is 4.15. The van der Waals surface area contributed by atoms with Gasteiger partial charge in [0.25, 0.3) is 5.91 Å². The molecule has 2 aromatic heterocycles. The van der Waals surface area contributed by atoms with Crippen molar-refractivity contribution in [2.75, 3.05) is 13.1 Å². The number of carbonyl (C=O) groups is 1. The molecule has 0 bridgehead atoms. The molecule has 0 spiro atoms. The quantitative estimate of drug-likeness (QED) is 0.769. The van der Waals surface area contributed by atoms with Crippen molar-refractivity contribution < 1.29 is 9.53 Å². The number of likely N-dealkylation sites (tertiary alicyclic amines) is 1. The Balaban J connectivity index is 1.52. The Morgan fingerprint density at radius 3 is 3.05 bits per heavy atom. The first-order chi connectivity index (χ1) is 10.3. The lowest BCUT2D eigenvalue weighted by Gasteiger charge is -2.40. The molecular formula is C14H15N5O2. The van der Waals surface area contributed by atoms with Crippen LogP contribution in [0.1, 0.15) is 28.5 Å². The van der Waals surface area contributed by atoms with Gasteiger partial charge in [0.1, 0.15) is 0 Å². The summed E-state index contributed by atoms with van der Waals surface area (Å²) in [6.07, 6.45) is 5.83. The number of hydrogen-bond donors (Lipinski definition) is 0. The zero-order chi connectivity index (χ0) is 14.2. The van der Waals surface area contributed by atoms with Crippen LogP contribution < -0.4 is 0 Å². The predicted molar refractivity (Wildman–Crippen MR) is 72.4 cm³/mol. The molecule has 4 rings (SSSR count). The van der Waals surface area contributed by atoms with E-state index in [1.807, 2.05) is 9.58 Å². The fourth-order valence-electron chi connectivity index (χ4n) is 3.05. The van der Waals surface area contributed by atoms with Gasteiger partial charge >= 0.3 is 0 Å². The van der Waals surface area contributed by atoms with Gasteiger partial charge in [-0.05, 0) is 18.6 Å². The number of hydrogen-bond acceptors (Lipinski definition) is 5. The summed E-state index contributed by atoms with van der Waals surface area (Å²) < 4.78 is 7.82. The standard InChI is InChI=1S/C14H15N5O2/c20-14(10-1-4-15-5-2-10)18-6-3-12-13(8-18)21-9-11-7-16-17-19(11)12/h1-2,4-5,7,12-13H,3,6,8-9H2/t12-,13-/m0/s1. The number of ether oxygens (including phenoxy) is 1. The molecule has 2 aliphatic rings. The number of rotatable bonds is 1. The third kappa shape index (κ3) is 2.09. The Hall–Kier alpha value is -2.28. The average Bonchev–Trinajstić information content (AvgIpc) is 3.03. The minimum atomic E-state index is -0.0151. The first-order valence-electron chi connectivity index (χ1n) is 7.03. The Morgan fingerprint density at radius 2 is 2.19 bits per heavy atom. The number of amides is 1. The van der Waals surface area contributed by atoms with E-state index < -0.39 is 0 Å². The van der Waals surface area contributed by atoms with Crippen molar-refractivity contribution in [2.45, 2.75) is 25.2 Å². The number of nitrogens with zero attached hydrogens (tertiary/aromatic N) is 5. The van der Waals surface area contributed by atoms with Gasteiger partial charge in [0.15, 0.2) is 0 Å². The van der Waals surface area contributed by atoms with Crippen LogP contribution in [-0.4, -0.2) is 50.0 Å². The van der Waals surface area contributed by atoms with Gasteiger partial charge in [-0.3, -0.25) is 9.78 Å². The van der Waals surface area contributed by atoms with Crippen LogP contribution in [-0.2, 0) is 11.3 Å². The van der Waals surface area contributed by atoms with E-state index in [9.17, 15) is 4.79 Å². The minimum Gasteiger partial charge on any atom is -0.368 e. The molecule has 7 heteroatoms. The maximum absolute atomic E-state index is 12.5. The van der Waals surface area contributed by atoms with Crippen molar-refractivity contribution in [3.05, 3.63) is 42.0 Å². The molecule has 2 aromatic rings. The number of aromatic nitrogens is 4. The summed E-state index contributed by atoms with van der Waals surface area (Å²) in [5.41, 5.74) is 1.67. The highest BCUT2D eigenvalue weighted by atomic mass is 16.5. The fourth-order valence-corrected chi connectivity index (χ4v) is 3.05. The van der Waals surface area contributed by atoms with Gasteiger partial charge in [-0.25, -0.2) is 4.68 Å². The van der Waals surface area contributed by atoms with E-state index in [0.717, 1.165) is 12.1 Å². The zero-order valence-electron chi connectivity index (χ0n) is 11.4. The minimum absolute atomic E-state index is 0.0151. The predicted octanol–water partition coefficient (Wildman–Crippen LogP) is 0.659. The lowest BCUT2D eigenvalue weighted by molar-refractivity contribution is -0.0627. The van der Waals surface area contributed by atoms with Crippen LogP contribution in [0, 0.1) is 0 Å². The van der Waals surface area contributed by atoms with Crippen molar-refractivity contribution in [1.29, 1.82) is 0 Å². The second-order valence-corrected chi connectivity index (χ2v) is 5.36. The molecule has 7 nitrogen and oxygen atoms in total. The molecular weight excluding hydrogens is 270 g/mol. The monoisotopic (exact) mass is 285 g/mol. The molecule has 2 aliphatic heterocycles. The molecule has 21 heavy (non-hydrogen) atoms. The Morgan fingerprint density at radius 1 is 1.33 bits per heavy atom. The van der Waals surface area contributed by atoms with Crippen molar-refractivity contribution in [3.63, 3.8) is 0 Å². The van der Waals surface area contributed by atoms with Crippen molar-refractivity contribution in [1.82, 2.24) is 24.9 Å². The van der Waals surface area contributed by atoms with Crippen molar-refractivity contribution >= 4 is 5.91 Å². The topological polar surface area (TPSA) is 73.1 Å². The average molecular weight is 285 g/mol. The summed E-state index contributed by atoms with van der Waals surface area (Å²) >= 11 is 0. The summed E-state index contributed by atoms with van der Waals surface area (Å²) in [7, 11) is 0. The Kier molecular flexibility index (Phi) is 2.92. The second-order valence-electron chi connectivity index (χ2n) is 5.36. The van der Waals surface area contributed by atoms with Gasteiger partial charge < -0.3 is 9.64 Å². The summed E-state index contributed by atoms with van der Waals surface area (Å²) in [6.45, 7) is 1.79. The largest absolute Gasteiger partial charge is 0.368 e. The lowest BCUT2D eigenvalue weighted by Crippen LogP contribution is -2.50. The molecule has 1 amide bonds. The first-order valence-corrected chi connectivity index (χ1v) is 7.03. The SMILES string of the molecule is O=C(c1ccncc1)N1CC[C@H]2[C@H](C1)OCc1cnnn12. The van der Waals surface area contributed by atoms with Crippen LogP contribution in [0.4, 0.5) is 0 Å². The first kappa shape index (κ1) is 12.5. The van der Waals surface area contributed by atoms with Gasteiger partial charge in [0, 0.05) is 31.0 Å². The van der Waals surface area contributed by atoms with Gasteiger partial charge in [0.05, 0.1) is 30.6 Å². The van der Waals surface area contributed by atoms with Gasteiger partial charge in [-0.15, -0.1) is 5.10 Å². The van der Waals surface area contributed by atoms with Crippen LogP contribution in [0.3, 0.4) is 0 Å². The summed E-state index contributed by atoms with van der Waals surface area (Å²) in [4.78, 5) is 18.3. The van der Waals surface area contributed by atoms with Crippen molar-refractivity contribution in [3.8, 4) is 0 Å². The highest BCUT2D eigenvalue weighted by Gasteiger charge is 2.37. The van der Waals surface area contributed by atoms with Crippen LogP contribution in [0.5, 0.6) is 0 Å². The van der Waals surface area contributed by atoms with Gasteiger partial charge in [-0.1, -0.05) is 5.21 Å². The number of carbonyl (C=O) groups excluding carboxylic acids is 1. The summed E-state index contributed by atoms with van der Waals surface area (Å²) in [5.74, 6) is 0.0313. The van der Waals surface area contributed by atoms with Crippen molar-refractivity contribution in [2.24, 2.45) is 0 Å². The molecule has 4 heterocycles. The second kappa shape index (κ2) is 4.92. The fraction of sp³-hybridized carbons (Fsp3) is 0.429.